The van der Waals surface area contributed by atoms with Gasteiger partial charge in [-0.15, -0.1) is 0 Å². The summed E-state index contributed by atoms with van der Waals surface area (Å²) in [4.78, 5) is 17.1. The van der Waals surface area contributed by atoms with Crippen LogP contribution in [0.25, 0.3) is 11.1 Å². The summed E-state index contributed by atoms with van der Waals surface area (Å²) >= 11 is 0. The largest absolute Gasteiger partial charge is 0.481 e. The molecule has 1 aliphatic heterocycles. The van der Waals surface area contributed by atoms with Crippen molar-refractivity contribution in [3.8, 4) is 17.0 Å². The van der Waals surface area contributed by atoms with Gasteiger partial charge in [0.15, 0.2) is 10.6 Å². The first kappa shape index (κ1) is 23.3. The third-order valence-electron chi connectivity index (χ3n) is 6.39. The molecule has 3 heterocycles. The van der Waals surface area contributed by atoms with Crippen LogP contribution >= 0.6 is 0 Å². The number of hydrogen-bond donors (Lipinski definition) is 3. The fraction of sp³-hybridized carbons (Fsp3) is 0.348. The smallest absolute Gasteiger partial charge is 0.333 e. The van der Waals surface area contributed by atoms with E-state index in [0.717, 1.165) is 41.5 Å². The summed E-state index contributed by atoms with van der Waals surface area (Å²) in [6, 6.07) is 7.97. The molecule has 1 aromatic carbocycles. The molecule has 0 atom stereocenters. The van der Waals surface area contributed by atoms with Crippen molar-refractivity contribution in [3.63, 3.8) is 0 Å². The number of aromatic amines is 1. The van der Waals surface area contributed by atoms with E-state index in [2.05, 4.69) is 25.2 Å². The highest BCUT2D eigenvalue weighted by atomic mass is 32.2. The molecule has 3 aromatic rings. The lowest BCUT2D eigenvalue weighted by molar-refractivity contribution is -0.204. The van der Waals surface area contributed by atoms with Crippen LogP contribution in [-0.4, -0.2) is 57.1 Å². The number of amides is 2. The first-order valence-corrected chi connectivity index (χ1v) is 12.5. The number of fused-ring (bicyclic) bond motifs is 1. The van der Waals surface area contributed by atoms with Crippen LogP contribution in [-0.2, 0) is 37.9 Å². The van der Waals surface area contributed by atoms with Gasteiger partial charge in [-0.2, -0.15) is 13.5 Å². The number of nitrogens with one attached hydrogen (secondary N) is 3. The van der Waals surface area contributed by atoms with Gasteiger partial charge < -0.3 is 19.5 Å². The van der Waals surface area contributed by atoms with E-state index in [1.165, 1.54) is 20.3 Å². The molecule has 0 radical (unpaired) electrons. The number of hydrogen-bond acceptors (Lipinski definition) is 8. The van der Waals surface area contributed by atoms with Crippen LogP contribution in [0, 0.1) is 0 Å². The van der Waals surface area contributed by atoms with E-state index in [-0.39, 0.29) is 18.2 Å². The second-order valence-corrected chi connectivity index (χ2v) is 10.1. The molecule has 35 heavy (non-hydrogen) atoms. The number of carbonyl (C=O) groups excluding carboxylic acids is 1. The van der Waals surface area contributed by atoms with E-state index >= 15 is 0 Å². The minimum absolute atomic E-state index is 0.279. The second-order valence-electron chi connectivity index (χ2n) is 8.44. The van der Waals surface area contributed by atoms with E-state index < -0.39 is 21.7 Å². The summed E-state index contributed by atoms with van der Waals surface area (Å²) < 4.78 is 43.7. The predicted molar refractivity (Wildman–Crippen MR) is 126 cm³/mol. The molecule has 0 unspecified atom stereocenters. The first-order valence-electron chi connectivity index (χ1n) is 11.0. The Morgan fingerprint density at radius 3 is 2.71 bits per heavy atom. The maximum absolute atomic E-state index is 12.9. The number of aryl methyl sites for hydroxylation is 1. The number of nitrogens with zero attached hydrogens (tertiary/aromatic N) is 2. The molecule has 11 nitrogen and oxygen atoms in total. The maximum atomic E-state index is 12.9. The van der Waals surface area contributed by atoms with Crippen LogP contribution in [0.5, 0.6) is 5.88 Å². The molecular weight excluding hydrogens is 474 g/mol. The third-order valence-corrected chi connectivity index (χ3v) is 7.60. The molecule has 2 amide bonds. The van der Waals surface area contributed by atoms with Crippen LogP contribution in [0.2, 0.25) is 0 Å². The predicted octanol–water partition coefficient (Wildman–Crippen LogP) is 2.35. The minimum Gasteiger partial charge on any atom is -0.481 e. The molecule has 1 saturated heterocycles. The number of pyridine rings is 1. The lowest BCUT2D eigenvalue weighted by Crippen LogP contribution is -2.48. The Bertz CT molecular complexity index is 1380. The monoisotopic (exact) mass is 499 g/mol. The van der Waals surface area contributed by atoms with Gasteiger partial charge in [-0.05, 0) is 42.0 Å². The minimum atomic E-state index is -4.24. The van der Waals surface area contributed by atoms with Crippen molar-refractivity contribution in [1.29, 1.82) is 0 Å². The second kappa shape index (κ2) is 8.95. The molecule has 12 heteroatoms. The van der Waals surface area contributed by atoms with Crippen LogP contribution in [0.1, 0.15) is 23.2 Å². The number of anilines is 1. The van der Waals surface area contributed by atoms with Crippen molar-refractivity contribution in [2.45, 2.75) is 29.9 Å². The van der Waals surface area contributed by atoms with Gasteiger partial charge in [0.2, 0.25) is 5.88 Å². The highest BCUT2D eigenvalue weighted by Crippen LogP contribution is 2.38. The summed E-state index contributed by atoms with van der Waals surface area (Å²) in [5.74, 6) is 0.431. The van der Waals surface area contributed by atoms with E-state index in [1.807, 2.05) is 12.1 Å². The standard InChI is InChI=1S/C23H25N5O6S/c1-32-19-10-15(8-9-24-19)17-7-6-14-4-3-5-16(14)21(17)25-22(29)28-35(30,31)20-11-18(26-27-20)23(33-2)12-34-13-23/h6-11H,3-5,12-13H2,1-2H3,(H,26,27)(H2,25,28,29). The number of carbonyl (C=O) groups is 1. The summed E-state index contributed by atoms with van der Waals surface area (Å²) in [6.07, 6.45) is 4.24. The summed E-state index contributed by atoms with van der Waals surface area (Å²) in [5, 5.41) is 9.01. The number of ether oxygens (including phenoxy) is 3. The Balaban J connectivity index is 1.41. The van der Waals surface area contributed by atoms with Crippen LogP contribution in [0.3, 0.4) is 0 Å². The molecular formula is C23H25N5O6S. The SMILES string of the molecule is COc1cc(-c2ccc3c(c2NC(=O)NS(=O)(=O)c2cc(C4(OC)COC4)[nH]n2)CCC3)ccn1. The summed E-state index contributed by atoms with van der Waals surface area (Å²) in [5.41, 5.74) is 3.89. The summed E-state index contributed by atoms with van der Waals surface area (Å²) in [6.45, 7) is 0.557. The number of rotatable bonds is 7. The molecule has 3 N–H and O–H groups in total. The molecule has 0 saturated carbocycles. The molecule has 1 aliphatic carbocycles. The molecule has 2 aromatic heterocycles. The summed E-state index contributed by atoms with van der Waals surface area (Å²) in [7, 11) is -1.21. The van der Waals surface area contributed by atoms with E-state index in [0.29, 0.717) is 17.3 Å². The van der Waals surface area contributed by atoms with Crippen molar-refractivity contribution in [2.75, 3.05) is 32.8 Å². The van der Waals surface area contributed by atoms with Crippen LogP contribution in [0.4, 0.5) is 10.5 Å². The van der Waals surface area contributed by atoms with Gasteiger partial charge in [-0.25, -0.2) is 14.5 Å². The average molecular weight is 500 g/mol. The topological polar surface area (TPSA) is 145 Å². The third kappa shape index (κ3) is 4.24. The average Bonchev–Trinajstić information content (AvgIpc) is 3.49. The van der Waals surface area contributed by atoms with Gasteiger partial charge in [0.25, 0.3) is 10.0 Å². The fourth-order valence-corrected chi connectivity index (χ4v) is 5.24. The highest BCUT2D eigenvalue weighted by Gasteiger charge is 2.43. The quantitative estimate of drug-likeness (QED) is 0.449. The Hall–Kier alpha value is -3.48. The molecule has 184 valence electrons. The van der Waals surface area contributed by atoms with Gasteiger partial charge in [0.05, 0.1) is 31.7 Å². The van der Waals surface area contributed by atoms with Crippen molar-refractivity contribution >= 4 is 21.7 Å². The van der Waals surface area contributed by atoms with E-state index in [1.54, 1.807) is 18.3 Å². The maximum Gasteiger partial charge on any atom is 0.333 e. The lowest BCUT2D eigenvalue weighted by atomic mass is 9.98. The Kier molecular flexibility index (Phi) is 5.95. The Morgan fingerprint density at radius 2 is 2.00 bits per heavy atom. The molecule has 0 bridgehead atoms. The first-order chi connectivity index (χ1) is 16.8. The highest BCUT2D eigenvalue weighted by molar-refractivity contribution is 7.90. The Morgan fingerprint density at radius 1 is 1.17 bits per heavy atom. The van der Waals surface area contributed by atoms with E-state index in [4.69, 9.17) is 14.2 Å². The van der Waals surface area contributed by atoms with Gasteiger partial charge in [0, 0.05) is 31.0 Å². The van der Waals surface area contributed by atoms with Gasteiger partial charge in [-0.3, -0.25) is 5.10 Å². The zero-order valence-electron chi connectivity index (χ0n) is 19.3. The van der Waals surface area contributed by atoms with Gasteiger partial charge >= 0.3 is 6.03 Å². The fourth-order valence-electron chi connectivity index (χ4n) is 4.40. The normalized spacial score (nSPS) is 16.3. The number of sulfonamides is 1. The zero-order valence-corrected chi connectivity index (χ0v) is 20.1. The van der Waals surface area contributed by atoms with Crippen molar-refractivity contribution in [3.05, 3.63) is 53.3 Å². The van der Waals surface area contributed by atoms with E-state index in [9.17, 15) is 13.2 Å². The number of urea groups is 1. The molecule has 2 aliphatic rings. The van der Waals surface area contributed by atoms with Gasteiger partial charge in [-0.1, -0.05) is 12.1 Å². The van der Waals surface area contributed by atoms with Crippen LogP contribution in [0.15, 0.2) is 41.6 Å². The van der Waals surface area contributed by atoms with Crippen molar-refractivity contribution < 1.29 is 27.4 Å². The van der Waals surface area contributed by atoms with Crippen molar-refractivity contribution in [2.24, 2.45) is 0 Å². The molecule has 0 spiro atoms. The number of benzene rings is 1. The molecule has 1 fully saturated rings. The molecule has 5 rings (SSSR count). The number of methoxy groups -OCH3 is 2. The number of aromatic nitrogens is 3. The Labute approximate surface area is 202 Å². The lowest BCUT2D eigenvalue weighted by Gasteiger charge is -2.38. The van der Waals surface area contributed by atoms with Gasteiger partial charge in [0.1, 0.15) is 0 Å². The number of H-pyrrole nitrogens is 1. The van der Waals surface area contributed by atoms with Crippen LogP contribution < -0.4 is 14.8 Å². The zero-order chi connectivity index (χ0) is 24.6. The van der Waals surface area contributed by atoms with Crippen molar-refractivity contribution in [1.82, 2.24) is 19.9 Å².